The van der Waals surface area contributed by atoms with E-state index in [-0.39, 0.29) is 5.78 Å². The molecule has 0 aliphatic rings. The molecule has 0 saturated heterocycles. The van der Waals surface area contributed by atoms with Gasteiger partial charge in [-0.2, -0.15) is 0 Å². The van der Waals surface area contributed by atoms with Gasteiger partial charge in [0.1, 0.15) is 0 Å². The van der Waals surface area contributed by atoms with Crippen molar-refractivity contribution in [3.63, 3.8) is 0 Å². The van der Waals surface area contributed by atoms with Gasteiger partial charge in [0.05, 0.1) is 0 Å². The van der Waals surface area contributed by atoms with E-state index in [4.69, 9.17) is 0 Å². The SMILES string of the molecule is CC(C)c1ccccc1C(=O)c1ccccc1. The fraction of sp³-hybridized carbons (Fsp3) is 0.188. The molecule has 0 N–H and O–H groups in total. The minimum Gasteiger partial charge on any atom is -0.289 e. The first kappa shape index (κ1) is 11.6. The Morgan fingerprint density at radius 3 is 2.12 bits per heavy atom. The maximum Gasteiger partial charge on any atom is 0.193 e. The summed E-state index contributed by atoms with van der Waals surface area (Å²) in [5.41, 5.74) is 2.68. The van der Waals surface area contributed by atoms with E-state index in [1.165, 1.54) is 0 Å². The van der Waals surface area contributed by atoms with Crippen LogP contribution >= 0.6 is 0 Å². The van der Waals surface area contributed by atoms with Gasteiger partial charge in [0.25, 0.3) is 0 Å². The van der Waals surface area contributed by atoms with Gasteiger partial charge in [-0.25, -0.2) is 0 Å². The summed E-state index contributed by atoms with van der Waals surface area (Å²) >= 11 is 0. The molecule has 0 bridgehead atoms. The summed E-state index contributed by atoms with van der Waals surface area (Å²) in [5, 5.41) is 0. The van der Waals surface area contributed by atoms with Crippen molar-refractivity contribution in [2.75, 3.05) is 0 Å². The largest absolute Gasteiger partial charge is 0.289 e. The Morgan fingerprint density at radius 2 is 1.47 bits per heavy atom. The Kier molecular flexibility index (Phi) is 3.38. The van der Waals surface area contributed by atoms with Crippen LogP contribution in [0.25, 0.3) is 0 Å². The number of carbonyl (C=O) groups is 1. The van der Waals surface area contributed by atoms with E-state index < -0.39 is 0 Å². The quantitative estimate of drug-likeness (QED) is 0.719. The van der Waals surface area contributed by atoms with Crippen LogP contribution in [0, 0.1) is 0 Å². The molecular weight excluding hydrogens is 208 g/mol. The van der Waals surface area contributed by atoms with Crippen LogP contribution in [0.4, 0.5) is 0 Å². The standard InChI is InChI=1S/C16H16O/c1-12(2)14-10-6-7-11-15(14)16(17)13-8-4-3-5-9-13/h3-12H,1-2H3. The minimum absolute atomic E-state index is 0.106. The Balaban J connectivity index is 2.45. The molecule has 1 heteroatoms. The second-order valence-corrected chi connectivity index (χ2v) is 4.44. The monoisotopic (exact) mass is 224 g/mol. The van der Waals surface area contributed by atoms with Gasteiger partial charge in [-0.3, -0.25) is 4.79 Å². The third-order valence-electron chi connectivity index (χ3n) is 2.86. The van der Waals surface area contributed by atoms with Crippen molar-refractivity contribution < 1.29 is 4.79 Å². The number of ketones is 1. The second-order valence-electron chi connectivity index (χ2n) is 4.44. The molecule has 0 fully saturated rings. The summed E-state index contributed by atoms with van der Waals surface area (Å²) in [5.74, 6) is 0.466. The minimum atomic E-state index is 0.106. The highest BCUT2D eigenvalue weighted by molar-refractivity contribution is 6.09. The van der Waals surface area contributed by atoms with Crippen molar-refractivity contribution in [2.45, 2.75) is 19.8 Å². The molecule has 0 radical (unpaired) electrons. The van der Waals surface area contributed by atoms with E-state index in [1.54, 1.807) is 0 Å². The van der Waals surface area contributed by atoms with Crippen LogP contribution in [0.2, 0.25) is 0 Å². The third kappa shape index (κ3) is 2.44. The van der Waals surface area contributed by atoms with Crippen LogP contribution in [-0.4, -0.2) is 5.78 Å². The van der Waals surface area contributed by atoms with Gasteiger partial charge < -0.3 is 0 Å². The molecule has 2 rings (SSSR count). The zero-order valence-electron chi connectivity index (χ0n) is 10.2. The van der Waals surface area contributed by atoms with Gasteiger partial charge in [-0.15, -0.1) is 0 Å². The van der Waals surface area contributed by atoms with Crippen LogP contribution in [0.15, 0.2) is 54.6 Å². The topological polar surface area (TPSA) is 17.1 Å². The van der Waals surface area contributed by atoms with Gasteiger partial charge in [0, 0.05) is 11.1 Å². The lowest BCUT2D eigenvalue weighted by atomic mass is 9.92. The summed E-state index contributed by atoms with van der Waals surface area (Å²) in [6, 6.07) is 17.3. The fourth-order valence-corrected chi connectivity index (χ4v) is 1.95. The van der Waals surface area contributed by atoms with E-state index in [0.717, 1.165) is 16.7 Å². The summed E-state index contributed by atoms with van der Waals surface area (Å²) in [4.78, 5) is 12.4. The molecule has 0 spiro atoms. The Labute approximate surface area is 102 Å². The number of benzene rings is 2. The predicted octanol–water partition coefficient (Wildman–Crippen LogP) is 4.04. The highest BCUT2D eigenvalue weighted by Gasteiger charge is 2.14. The normalized spacial score (nSPS) is 10.5. The van der Waals surface area contributed by atoms with Gasteiger partial charge in [0.15, 0.2) is 5.78 Å². The van der Waals surface area contributed by atoms with Crippen LogP contribution in [-0.2, 0) is 0 Å². The lowest BCUT2D eigenvalue weighted by molar-refractivity contribution is 0.103. The van der Waals surface area contributed by atoms with Crippen molar-refractivity contribution in [3.8, 4) is 0 Å². The van der Waals surface area contributed by atoms with E-state index in [1.807, 2.05) is 54.6 Å². The van der Waals surface area contributed by atoms with Crippen molar-refractivity contribution in [1.82, 2.24) is 0 Å². The van der Waals surface area contributed by atoms with Crippen molar-refractivity contribution in [2.24, 2.45) is 0 Å². The van der Waals surface area contributed by atoms with Gasteiger partial charge in [0.2, 0.25) is 0 Å². The molecule has 0 unspecified atom stereocenters. The van der Waals surface area contributed by atoms with Gasteiger partial charge >= 0.3 is 0 Å². The molecule has 0 aromatic heterocycles. The smallest absolute Gasteiger partial charge is 0.193 e. The zero-order valence-corrected chi connectivity index (χ0v) is 10.2. The van der Waals surface area contributed by atoms with Crippen LogP contribution < -0.4 is 0 Å². The molecule has 17 heavy (non-hydrogen) atoms. The molecule has 0 heterocycles. The predicted molar refractivity (Wildman–Crippen MR) is 70.4 cm³/mol. The van der Waals surface area contributed by atoms with Crippen LogP contribution in [0.1, 0.15) is 41.3 Å². The van der Waals surface area contributed by atoms with Crippen molar-refractivity contribution >= 4 is 5.78 Å². The average Bonchev–Trinajstić information content (AvgIpc) is 2.39. The van der Waals surface area contributed by atoms with Crippen molar-refractivity contribution in [1.29, 1.82) is 0 Å². The Morgan fingerprint density at radius 1 is 0.882 bits per heavy atom. The lowest BCUT2D eigenvalue weighted by Gasteiger charge is -2.11. The first-order valence-corrected chi connectivity index (χ1v) is 5.89. The first-order valence-electron chi connectivity index (χ1n) is 5.89. The molecule has 0 amide bonds. The molecule has 1 nitrogen and oxygen atoms in total. The van der Waals surface area contributed by atoms with Crippen molar-refractivity contribution in [3.05, 3.63) is 71.3 Å². The zero-order chi connectivity index (χ0) is 12.3. The van der Waals surface area contributed by atoms with E-state index in [0.29, 0.717) is 5.92 Å². The third-order valence-corrected chi connectivity index (χ3v) is 2.86. The van der Waals surface area contributed by atoms with Gasteiger partial charge in [-0.05, 0) is 11.5 Å². The summed E-state index contributed by atoms with van der Waals surface area (Å²) in [6.45, 7) is 4.22. The van der Waals surface area contributed by atoms with Gasteiger partial charge in [-0.1, -0.05) is 68.4 Å². The number of rotatable bonds is 3. The molecule has 86 valence electrons. The number of hydrogen-bond donors (Lipinski definition) is 0. The molecule has 0 atom stereocenters. The first-order chi connectivity index (χ1) is 8.20. The van der Waals surface area contributed by atoms with E-state index in [9.17, 15) is 4.79 Å². The Bertz CT molecular complexity index is 512. The Hall–Kier alpha value is -1.89. The second kappa shape index (κ2) is 4.96. The van der Waals surface area contributed by atoms with Crippen LogP contribution in [0.3, 0.4) is 0 Å². The highest BCUT2D eigenvalue weighted by atomic mass is 16.1. The summed E-state index contributed by atoms with van der Waals surface area (Å²) in [6.07, 6.45) is 0. The maximum absolute atomic E-state index is 12.4. The molecule has 0 aliphatic carbocycles. The molecule has 0 saturated carbocycles. The summed E-state index contributed by atoms with van der Waals surface area (Å²) < 4.78 is 0. The molecule has 2 aromatic rings. The number of carbonyl (C=O) groups excluding carboxylic acids is 1. The van der Waals surface area contributed by atoms with E-state index >= 15 is 0 Å². The summed E-state index contributed by atoms with van der Waals surface area (Å²) in [7, 11) is 0. The van der Waals surface area contributed by atoms with E-state index in [2.05, 4.69) is 13.8 Å². The average molecular weight is 224 g/mol. The molecular formula is C16H16O. The number of hydrogen-bond acceptors (Lipinski definition) is 1. The molecule has 2 aromatic carbocycles. The maximum atomic E-state index is 12.4. The highest BCUT2D eigenvalue weighted by Crippen LogP contribution is 2.21. The van der Waals surface area contributed by atoms with Crippen LogP contribution in [0.5, 0.6) is 0 Å². The molecule has 0 aliphatic heterocycles. The fourth-order valence-electron chi connectivity index (χ4n) is 1.95. The lowest BCUT2D eigenvalue weighted by Crippen LogP contribution is -2.06.